The van der Waals surface area contributed by atoms with Crippen LogP contribution in [0.1, 0.15) is 91.9 Å². The molecule has 4 unspecified atom stereocenters. The van der Waals surface area contributed by atoms with Crippen LogP contribution in [0.3, 0.4) is 0 Å². The summed E-state index contributed by atoms with van der Waals surface area (Å²) in [6.45, 7) is 9.49. The maximum atomic E-state index is 14.6. The van der Waals surface area contributed by atoms with Crippen LogP contribution in [-0.4, -0.2) is 17.4 Å². The van der Waals surface area contributed by atoms with Gasteiger partial charge in [-0.2, -0.15) is 0 Å². The number of hydrogen-bond acceptors (Lipinski definition) is 3. The van der Waals surface area contributed by atoms with Crippen molar-refractivity contribution < 1.29 is 17.9 Å². The molecule has 0 spiro atoms. The number of ether oxygens (including phenoxy) is 1. The summed E-state index contributed by atoms with van der Waals surface area (Å²) in [5.41, 5.74) is 2.73. The van der Waals surface area contributed by atoms with Crippen molar-refractivity contribution in [3.63, 3.8) is 0 Å². The molecule has 0 saturated heterocycles. The summed E-state index contributed by atoms with van der Waals surface area (Å²) < 4.78 is 49.5. The number of halogens is 4. The van der Waals surface area contributed by atoms with Crippen LogP contribution in [0.5, 0.6) is 5.75 Å². The molecule has 4 atom stereocenters. The molecule has 0 aliphatic heterocycles. The van der Waals surface area contributed by atoms with Gasteiger partial charge in [0.25, 0.3) is 0 Å². The average molecular weight is 824 g/mol. The van der Waals surface area contributed by atoms with Crippen molar-refractivity contribution in [2.45, 2.75) is 109 Å². The minimum atomic E-state index is -4.86. The summed E-state index contributed by atoms with van der Waals surface area (Å²) in [6.07, 6.45) is 6.21. The quantitative estimate of drug-likeness (QED) is 0.163. The summed E-state index contributed by atoms with van der Waals surface area (Å²) in [4.78, 5) is 4.84. The summed E-state index contributed by atoms with van der Waals surface area (Å²) >= 11 is 4.22. The second-order valence-electron chi connectivity index (χ2n) is 18.9. The zero-order chi connectivity index (χ0) is 39.0. The van der Waals surface area contributed by atoms with Gasteiger partial charge in [0.15, 0.2) is 0 Å². The first-order chi connectivity index (χ1) is 26.7. The summed E-state index contributed by atoms with van der Waals surface area (Å²) in [7, 11) is 0. The van der Waals surface area contributed by atoms with Gasteiger partial charge in [-0.05, 0) is 152 Å². The molecule has 4 saturated carbocycles. The maximum Gasteiger partial charge on any atom is 0.573 e. The Labute approximate surface area is 338 Å². The van der Waals surface area contributed by atoms with Crippen molar-refractivity contribution in [2.75, 3.05) is 9.80 Å². The zero-order valence-electron chi connectivity index (χ0n) is 33.1. The van der Waals surface area contributed by atoms with E-state index in [2.05, 4.69) is 138 Å². The van der Waals surface area contributed by atoms with Crippen LogP contribution in [0.15, 0.2) is 102 Å². The predicted molar refractivity (Wildman–Crippen MR) is 228 cm³/mol. The van der Waals surface area contributed by atoms with Crippen molar-refractivity contribution >= 4 is 60.2 Å². The van der Waals surface area contributed by atoms with Crippen LogP contribution in [0.2, 0.25) is 0 Å². The SMILES string of the molecule is CC1CC2CC(C1)CC(C)(N(c1cc(OC(F)(F)F)cc(N(c3cccc4ccccc34)C3(C)CC4CC(C)CC(C4)C3)c1Br)c1cccc3ccccc13)C2. The molecule has 4 aliphatic carbocycles. The number of benzene rings is 5. The Morgan fingerprint density at radius 2 is 0.929 bits per heavy atom. The molecular weight excluding hydrogens is 769 g/mol. The standard InChI is InChI=1S/C49H54BrF3N2O/c1-31-19-33-23-34(20-31)28-47(3,27-33)54(42-17-9-13-37-11-5-7-15-40(37)42)44-25-39(56-49(51,52)53)26-45(46(44)50)55(43-18-10-14-38-12-6-8-16-41(38)43)48(4)29-35-21-32(2)22-36(24-35)30-48/h5-18,25-26,31-36H,19-24,27-30H2,1-4H3. The van der Waals surface area contributed by atoms with E-state index in [1.54, 1.807) is 12.1 Å². The number of alkyl halides is 3. The summed E-state index contributed by atoms with van der Waals surface area (Å²) in [5, 5.41) is 4.39. The largest absolute Gasteiger partial charge is 0.573 e. The van der Waals surface area contributed by atoms with E-state index in [1.807, 2.05) is 0 Å². The second kappa shape index (κ2) is 14.3. The lowest BCUT2D eigenvalue weighted by Gasteiger charge is -2.54. The van der Waals surface area contributed by atoms with Gasteiger partial charge < -0.3 is 14.5 Å². The fraction of sp³-hybridized carbons (Fsp3) is 0.469. The first-order valence-electron chi connectivity index (χ1n) is 20.9. The second-order valence-corrected chi connectivity index (χ2v) is 19.7. The smallest absolute Gasteiger partial charge is 0.406 e. The Balaban J connectivity index is 1.31. The van der Waals surface area contributed by atoms with Crippen molar-refractivity contribution in [3.05, 3.63) is 102 Å². The van der Waals surface area contributed by atoms with Gasteiger partial charge in [0, 0.05) is 45.4 Å². The third-order valence-corrected chi connectivity index (χ3v) is 14.8. The molecule has 0 heterocycles. The molecule has 7 heteroatoms. The Hall–Kier alpha value is -3.71. The molecule has 56 heavy (non-hydrogen) atoms. The number of rotatable bonds is 7. The van der Waals surface area contributed by atoms with Crippen LogP contribution < -0.4 is 14.5 Å². The van der Waals surface area contributed by atoms with Crippen molar-refractivity contribution in [3.8, 4) is 5.75 Å². The number of fused-ring (bicyclic) bond motifs is 6. The van der Waals surface area contributed by atoms with Gasteiger partial charge in [0.1, 0.15) is 5.75 Å². The minimum Gasteiger partial charge on any atom is -0.406 e. The maximum absolute atomic E-state index is 14.6. The molecule has 294 valence electrons. The number of nitrogens with zero attached hydrogens (tertiary/aromatic N) is 2. The molecule has 5 aromatic rings. The van der Waals surface area contributed by atoms with E-state index in [0.29, 0.717) is 46.9 Å². The Morgan fingerprint density at radius 1 is 0.554 bits per heavy atom. The number of anilines is 4. The highest BCUT2D eigenvalue weighted by Gasteiger charge is 2.49. The Morgan fingerprint density at radius 3 is 1.32 bits per heavy atom. The van der Waals surface area contributed by atoms with Crippen molar-refractivity contribution in [2.24, 2.45) is 35.5 Å². The summed E-state index contributed by atoms with van der Waals surface area (Å²) in [5.74, 6) is 3.41. The van der Waals surface area contributed by atoms with Gasteiger partial charge in [0.2, 0.25) is 0 Å². The fourth-order valence-corrected chi connectivity index (χ4v) is 13.4. The highest BCUT2D eigenvalue weighted by atomic mass is 79.9. The Kier molecular flexibility index (Phi) is 9.65. The zero-order valence-corrected chi connectivity index (χ0v) is 34.7. The highest BCUT2D eigenvalue weighted by Crippen LogP contribution is 2.58. The molecule has 4 fully saturated rings. The Bertz CT molecular complexity index is 2060. The third kappa shape index (κ3) is 7.09. The van der Waals surface area contributed by atoms with Crippen LogP contribution in [0, 0.1) is 35.5 Å². The molecule has 0 N–H and O–H groups in total. The van der Waals surface area contributed by atoms with E-state index in [9.17, 15) is 13.2 Å². The minimum absolute atomic E-state index is 0.192. The molecular formula is C49H54BrF3N2O. The normalized spacial score (nSPS) is 30.3. The molecule has 0 radical (unpaired) electrons. The van der Waals surface area contributed by atoms with Gasteiger partial charge in [-0.25, -0.2) is 0 Å². The van der Waals surface area contributed by atoms with Gasteiger partial charge in [-0.3, -0.25) is 0 Å². The summed E-state index contributed by atoms with van der Waals surface area (Å²) in [6, 6.07) is 32.9. The van der Waals surface area contributed by atoms with Crippen molar-refractivity contribution in [1.29, 1.82) is 0 Å². The van der Waals surface area contributed by atoms with Gasteiger partial charge >= 0.3 is 6.36 Å². The lowest BCUT2D eigenvalue weighted by molar-refractivity contribution is -0.274. The molecule has 0 aromatic heterocycles. The van der Waals surface area contributed by atoms with E-state index in [1.165, 1.54) is 38.5 Å². The predicted octanol–water partition coefficient (Wildman–Crippen LogP) is 15.1. The van der Waals surface area contributed by atoms with Crippen LogP contribution >= 0.6 is 15.9 Å². The number of hydrogen-bond donors (Lipinski definition) is 0. The van der Waals surface area contributed by atoms with Crippen LogP contribution in [0.4, 0.5) is 35.9 Å². The van der Waals surface area contributed by atoms with E-state index < -0.39 is 6.36 Å². The average Bonchev–Trinajstić information content (AvgIpc) is 3.11. The van der Waals surface area contributed by atoms with E-state index >= 15 is 0 Å². The molecule has 4 bridgehead atoms. The molecule has 0 amide bonds. The van der Waals surface area contributed by atoms with Crippen LogP contribution in [0.25, 0.3) is 21.5 Å². The molecule has 4 aliphatic rings. The van der Waals surface area contributed by atoms with E-state index in [4.69, 9.17) is 4.74 Å². The lowest BCUT2D eigenvalue weighted by Crippen LogP contribution is -2.52. The first kappa shape index (κ1) is 37.8. The lowest BCUT2D eigenvalue weighted by atomic mass is 9.62. The van der Waals surface area contributed by atoms with Gasteiger partial charge in [0.05, 0.1) is 15.8 Å². The molecule has 3 nitrogen and oxygen atoms in total. The topological polar surface area (TPSA) is 15.7 Å². The highest BCUT2D eigenvalue weighted by molar-refractivity contribution is 9.10. The molecule has 9 rings (SSSR count). The van der Waals surface area contributed by atoms with E-state index in [-0.39, 0.29) is 16.8 Å². The fourth-order valence-electron chi connectivity index (χ4n) is 12.8. The molecule has 5 aromatic carbocycles. The third-order valence-electron chi connectivity index (χ3n) is 14.0. The van der Waals surface area contributed by atoms with Gasteiger partial charge in [-0.1, -0.05) is 86.6 Å². The van der Waals surface area contributed by atoms with Crippen molar-refractivity contribution in [1.82, 2.24) is 0 Å². The van der Waals surface area contributed by atoms with Crippen LogP contribution in [-0.2, 0) is 0 Å². The first-order valence-corrected chi connectivity index (χ1v) is 21.7. The van der Waals surface area contributed by atoms with Gasteiger partial charge in [-0.15, -0.1) is 13.2 Å². The monoisotopic (exact) mass is 822 g/mol. The van der Waals surface area contributed by atoms with E-state index in [0.717, 1.165) is 63.1 Å².